The van der Waals surface area contributed by atoms with Crippen molar-refractivity contribution in [2.75, 3.05) is 0 Å². The standard InChI is InChI=1S/C27H41F3O/c1-18(2)8-6-9-19(3)23-13-14-24-21(10-7-15-25(23,24)5)11-12-22-17-27(30,31)26(28,29)16-20(22)4/h11-12,18-19,23-24,31H,4,6-10,13-17H2,1-3,5H3/b21-11?,22-12-/t19-,23-,24?,25-,27-/m1/s1. The molecule has 3 aliphatic carbocycles. The highest BCUT2D eigenvalue weighted by atomic mass is 19.3. The van der Waals surface area contributed by atoms with Crippen molar-refractivity contribution < 1.29 is 18.3 Å². The highest BCUT2D eigenvalue weighted by Gasteiger charge is 2.57. The zero-order valence-corrected chi connectivity index (χ0v) is 19.8. The fourth-order valence-electron chi connectivity index (χ4n) is 6.67. The second kappa shape index (κ2) is 9.08. The van der Waals surface area contributed by atoms with Crippen LogP contribution in [0.4, 0.5) is 13.2 Å². The minimum absolute atomic E-state index is 0.228. The van der Waals surface area contributed by atoms with E-state index in [1.54, 1.807) is 6.08 Å². The van der Waals surface area contributed by atoms with Gasteiger partial charge >= 0.3 is 5.92 Å². The smallest absolute Gasteiger partial charge is 0.309 e. The average molecular weight is 439 g/mol. The van der Waals surface area contributed by atoms with Crippen LogP contribution in [-0.4, -0.2) is 16.9 Å². The molecule has 3 fully saturated rings. The molecule has 3 saturated carbocycles. The summed E-state index contributed by atoms with van der Waals surface area (Å²) in [6.07, 6.45) is 12.0. The molecule has 0 aromatic carbocycles. The van der Waals surface area contributed by atoms with Crippen LogP contribution in [0.25, 0.3) is 0 Å². The van der Waals surface area contributed by atoms with Crippen molar-refractivity contribution in [3.05, 3.63) is 35.5 Å². The Morgan fingerprint density at radius 1 is 1.10 bits per heavy atom. The van der Waals surface area contributed by atoms with E-state index in [4.69, 9.17) is 0 Å². The topological polar surface area (TPSA) is 20.2 Å². The molecule has 4 heteroatoms. The first-order valence-corrected chi connectivity index (χ1v) is 12.2. The van der Waals surface area contributed by atoms with Crippen molar-refractivity contribution in [2.45, 2.75) is 104 Å². The van der Waals surface area contributed by atoms with Gasteiger partial charge in [-0.3, -0.25) is 0 Å². The molecule has 0 heterocycles. The van der Waals surface area contributed by atoms with Crippen LogP contribution in [0.3, 0.4) is 0 Å². The summed E-state index contributed by atoms with van der Waals surface area (Å²) in [7, 11) is 0. The van der Waals surface area contributed by atoms with Gasteiger partial charge in [0.2, 0.25) is 0 Å². The summed E-state index contributed by atoms with van der Waals surface area (Å²) in [6, 6.07) is 0. The average Bonchev–Trinajstić information content (AvgIpc) is 3.00. The van der Waals surface area contributed by atoms with Gasteiger partial charge < -0.3 is 5.11 Å². The lowest BCUT2D eigenvalue weighted by molar-refractivity contribution is -0.255. The molecule has 0 spiro atoms. The predicted molar refractivity (Wildman–Crippen MR) is 122 cm³/mol. The maximum atomic E-state index is 14.1. The van der Waals surface area contributed by atoms with Crippen molar-refractivity contribution in [1.82, 2.24) is 0 Å². The van der Waals surface area contributed by atoms with Crippen LogP contribution in [0.1, 0.15) is 91.9 Å². The van der Waals surface area contributed by atoms with E-state index in [0.29, 0.717) is 17.4 Å². The summed E-state index contributed by atoms with van der Waals surface area (Å²) < 4.78 is 41.6. The van der Waals surface area contributed by atoms with Crippen LogP contribution < -0.4 is 0 Å². The Morgan fingerprint density at radius 3 is 2.48 bits per heavy atom. The second-order valence-electron chi connectivity index (χ2n) is 11.3. The summed E-state index contributed by atoms with van der Waals surface area (Å²) in [5.41, 5.74) is 2.29. The Hall–Kier alpha value is -1.03. The van der Waals surface area contributed by atoms with E-state index in [2.05, 4.69) is 34.3 Å². The lowest BCUT2D eigenvalue weighted by Crippen LogP contribution is -2.47. The zero-order valence-electron chi connectivity index (χ0n) is 19.8. The van der Waals surface area contributed by atoms with Gasteiger partial charge in [0.1, 0.15) is 0 Å². The highest BCUT2D eigenvalue weighted by Crippen LogP contribution is 2.60. The molecule has 1 N–H and O–H groups in total. The second-order valence-corrected chi connectivity index (χ2v) is 11.3. The van der Waals surface area contributed by atoms with Crippen molar-refractivity contribution >= 4 is 0 Å². The molecule has 0 aromatic heterocycles. The number of hydrogen-bond acceptors (Lipinski definition) is 1. The van der Waals surface area contributed by atoms with E-state index in [1.807, 2.05) is 6.08 Å². The van der Waals surface area contributed by atoms with Gasteiger partial charge in [-0.25, -0.2) is 4.39 Å². The molecule has 3 aliphatic rings. The van der Waals surface area contributed by atoms with Crippen molar-refractivity contribution in [3.63, 3.8) is 0 Å². The van der Waals surface area contributed by atoms with Crippen molar-refractivity contribution in [1.29, 1.82) is 0 Å². The molecule has 1 unspecified atom stereocenters. The summed E-state index contributed by atoms with van der Waals surface area (Å²) in [5, 5.41) is 9.60. The Bertz CT molecular complexity index is 733. The summed E-state index contributed by atoms with van der Waals surface area (Å²) in [4.78, 5) is 0. The van der Waals surface area contributed by atoms with E-state index >= 15 is 0 Å². The molecule has 5 atom stereocenters. The summed E-state index contributed by atoms with van der Waals surface area (Å²) >= 11 is 0. The fourth-order valence-corrected chi connectivity index (χ4v) is 6.67. The van der Waals surface area contributed by atoms with E-state index in [9.17, 15) is 18.3 Å². The Kier molecular flexibility index (Phi) is 7.21. The molecular formula is C27H41F3O. The molecule has 3 rings (SSSR count). The van der Waals surface area contributed by atoms with Crippen LogP contribution >= 0.6 is 0 Å². The van der Waals surface area contributed by atoms with Gasteiger partial charge in [0, 0.05) is 12.8 Å². The SMILES string of the molecule is C=C1CC(F)(F)[C@@](O)(F)C/C1=C/C=C1CCC[C@@]2(C)C1CC[C@@H]2[C@H](C)CCCC(C)C. The van der Waals surface area contributed by atoms with E-state index < -0.39 is 24.6 Å². The Labute approximate surface area is 186 Å². The molecule has 31 heavy (non-hydrogen) atoms. The third kappa shape index (κ3) is 4.99. The van der Waals surface area contributed by atoms with Crippen LogP contribution in [-0.2, 0) is 0 Å². The predicted octanol–water partition coefficient (Wildman–Crippen LogP) is 8.16. The summed E-state index contributed by atoms with van der Waals surface area (Å²) in [6.45, 7) is 13.2. The number of rotatable bonds is 6. The van der Waals surface area contributed by atoms with Crippen LogP contribution in [0.2, 0.25) is 0 Å². The quantitative estimate of drug-likeness (QED) is 0.443. The fraction of sp³-hybridized carbons (Fsp3) is 0.778. The number of fused-ring (bicyclic) bond motifs is 1. The maximum absolute atomic E-state index is 14.1. The molecule has 176 valence electrons. The largest absolute Gasteiger partial charge is 0.357 e. The monoisotopic (exact) mass is 438 g/mol. The van der Waals surface area contributed by atoms with Gasteiger partial charge in [-0.2, -0.15) is 8.78 Å². The minimum Gasteiger partial charge on any atom is -0.357 e. The van der Waals surface area contributed by atoms with Crippen LogP contribution in [0.15, 0.2) is 35.5 Å². The molecule has 0 aliphatic heterocycles. The number of hydrogen-bond donors (Lipinski definition) is 1. The van der Waals surface area contributed by atoms with Crippen LogP contribution in [0.5, 0.6) is 0 Å². The van der Waals surface area contributed by atoms with E-state index in [0.717, 1.165) is 24.7 Å². The highest BCUT2D eigenvalue weighted by molar-refractivity contribution is 5.38. The number of alkyl halides is 3. The van der Waals surface area contributed by atoms with Crippen molar-refractivity contribution in [2.24, 2.45) is 29.1 Å². The lowest BCUT2D eigenvalue weighted by Gasteiger charge is -2.44. The first-order valence-electron chi connectivity index (χ1n) is 12.2. The van der Waals surface area contributed by atoms with E-state index in [-0.39, 0.29) is 11.0 Å². The van der Waals surface area contributed by atoms with Crippen molar-refractivity contribution in [3.8, 4) is 0 Å². The van der Waals surface area contributed by atoms with E-state index in [1.165, 1.54) is 44.1 Å². The Morgan fingerprint density at radius 2 is 1.81 bits per heavy atom. The molecule has 0 amide bonds. The minimum atomic E-state index is -3.78. The van der Waals surface area contributed by atoms with Gasteiger partial charge in [0.25, 0.3) is 5.85 Å². The number of aliphatic hydroxyl groups is 1. The molecule has 0 aromatic rings. The molecule has 0 bridgehead atoms. The van der Waals surface area contributed by atoms with Gasteiger partial charge in [0.05, 0.1) is 0 Å². The molecule has 0 saturated heterocycles. The maximum Gasteiger partial charge on any atom is 0.309 e. The first-order chi connectivity index (χ1) is 14.4. The lowest BCUT2D eigenvalue weighted by atomic mass is 9.60. The molecule has 0 radical (unpaired) electrons. The first kappa shape index (κ1) is 24.6. The Balaban J connectivity index is 1.74. The zero-order chi connectivity index (χ0) is 23.0. The molecular weight excluding hydrogens is 397 g/mol. The summed E-state index contributed by atoms with van der Waals surface area (Å²) in [5.74, 6) is -4.56. The third-order valence-corrected chi connectivity index (χ3v) is 8.54. The van der Waals surface area contributed by atoms with Gasteiger partial charge in [-0.1, -0.05) is 71.3 Å². The normalized spacial score (nSPS) is 39.3. The van der Waals surface area contributed by atoms with Gasteiger partial charge in [-0.15, -0.1) is 0 Å². The number of allylic oxidation sites excluding steroid dienone is 4. The third-order valence-electron chi connectivity index (χ3n) is 8.54. The van der Waals surface area contributed by atoms with Crippen LogP contribution in [0, 0.1) is 29.1 Å². The number of halogens is 3. The van der Waals surface area contributed by atoms with Gasteiger partial charge in [-0.05, 0) is 72.3 Å². The van der Waals surface area contributed by atoms with Gasteiger partial charge in [0.15, 0.2) is 0 Å². The molecule has 1 nitrogen and oxygen atoms in total.